The lowest BCUT2D eigenvalue weighted by Gasteiger charge is -1.99. The number of hydrazone groups is 1. The van der Waals surface area contributed by atoms with E-state index in [0.717, 1.165) is 12.1 Å². The van der Waals surface area contributed by atoms with Gasteiger partial charge in [0.2, 0.25) is 5.95 Å². The predicted molar refractivity (Wildman–Crippen MR) is 54.4 cm³/mol. The Morgan fingerprint density at radius 1 is 1.57 bits per heavy atom. The van der Waals surface area contributed by atoms with Gasteiger partial charge < -0.3 is 0 Å². The number of H-pyrrole nitrogens is 1. The Kier molecular flexibility index (Phi) is 3.33. The fourth-order valence-corrected chi connectivity index (χ4v) is 0.671. The number of aryl methyl sites for hydroxylation is 1. The highest BCUT2D eigenvalue weighted by Gasteiger charge is 1.97. The zero-order valence-corrected chi connectivity index (χ0v) is 8.46. The Morgan fingerprint density at radius 2 is 2.29 bits per heavy atom. The van der Waals surface area contributed by atoms with E-state index in [4.69, 9.17) is 0 Å². The van der Waals surface area contributed by atoms with E-state index in [1.54, 1.807) is 6.92 Å². The molecule has 14 heavy (non-hydrogen) atoms. The van der Waals surface area contributed by atoms with Crippen molar-refractivity contribution in [1.82, 2.24) is 15.2 Å². The molecular formula is C8H13N5O. The van der Waals surface area contributed by atoms with Gasteiger partial charge in [0.1, 0.15) is 5.69 Å². The summed E-state index contributed by atoms with van der Waals surface area (Å²) < 4.78 is 0. The molecule has 6 heteroatoms. The van der Waals surface area contributed by atoms with Crippen LogP contribution in [0.4, 0.5) is 5.95 Å². The van der Waals surface area contributed by atoms with Gasteiger partial charge in [-0.25, -0.2) is 5.43 Å². The monoisotopic (exact) mass is 195 g/mol. The van der Waals surface area contributed by atoms with Gasteiger partial charge in [-0.15, -0.1) is 10.2 Å². The number of hydrogen-bond donors (Lipinski definition) is 2. The number of nitrogens with one attached hydrogen (secondary N) is 2. The van der Waals surface area contributed by atoms with Crippen LogP contribution in [-0.2, 0) is 0 Å². The largest absolute Gasteiger partial charge is 0.288 e. The fourth-order valence-electron chi connectivity index (χ4n) is 0.671. The SMILES string of the molecule is CCC(C)=NNc1nnc(C)c(=O)[nH]1. The lowest BCUT2D eigenvalue weighted by molar-refractivity contribution is 0.896. The van der Waals surface area contributed by atoms with Crippen LogP contribution < -0.4 is 11.0 Å². The molecule has 0 atom stereocenters. The maximum absolute atomic E-state index is 11.1. The average Bonchev–Trinajstić information content (AvgIpc) is 2.19. The third-order valence-electron chi connectivity index (χ3n) is 1.72. The van der Waals surface area contributed by atoms with Gasteiger partial charge in [-0.05, 0) is 20.3 Å². The molecule has 1 heterocycles. The molecule has 0 aliphatic carbocycles. The fraction of sp³-hybridized carbons (Fsp3) is 0.500. The summed E-state index contributed by atoms with van der Waals surface area (Å²) in [4.78, 5) is 13.6. The van der Waals surface area contributed by atoms with Crippen LogP contribution in [0, 0.1) is 6.92 Å². The quantitative estimate of drug-likeness (QED) is 0.548. The molecule has 6 nitrogen and oxygen atoms in total. The average molecular weight is 195 g/mol. The molecule has 0 aromatic carbocycles. The van der Waals surface area contributed by atoms with Crippen LogP contribution in [0.5, 0.6) is 0 Å². The van der Waals surface area contributed by atoms with E-state index in [-0.39, 0.29) is 11.5 Å². The molecule has 76 valence electrons. The van der Waals surface area contributed by atoms with E-state index in [1.165, 1.54) is 0 Å². The summed E-state index contributed by atoms with van der Waals surface area (Å²) in [6.07, 6.45) is 0.844. The number of aromatic nitrogens is 3. The standard InChI is InChI=1S/C8H13N5O/c1-4-5(2)10-12-8-9-7(14)6(3)11-13-8/h4H2,1-3H3,(H2,9,12,13,14). The van der Waals surface area contributed by atoms with Crippen molar-refractivity contribution in [3.05, 3.63) is 16.0 Å². The summed E-state index contributed by atoms with van der Waals surface area (Å²) in [6, 6.07) is 0. The zero-order valence-electron chi connectivity index (χ0n) is 8.46. The van der Waals surface area contributed by atoms with E-state index in [1.807, 2.05) is 13.8 Å². The van der Waals surface area contributed by atoms with Crippen LogP contribution in [0.2, 0.25) is 0 Å². The first-order valence-corrected chi connectivity index (χ1v) is 4.36. The van der Waals surface area contributed by atoms with Crippen molar-refractivity contribution in [2.24, 2.45) is 5.10 Å². The first kappa shape index (κ1) is 10.4. The van der Waals surface area contributed by atoms with E-state index in [0.29, 0.717) is 5.69 Å². The van der Waals surface area contributed by atoms with Gasteiger partial charge in [-0.3, -0.25) is 9.78 Å². The Labute approximate surface area is 81.5 Å². The summed E-state index contributed by atoms with van der Waals surface area (Å²) in [6.45, 7) is 5.47. The van der Waals surface area contributed by atoms with Gasteiger partial charge in [-0.2, -0.15) is 5.10 Å². The van der Waals surface area contributed by atoms with Crippen LogP contribution in [0.15, 0.2) is 9.90 Å². The van der Waals surface area contributed by atoms with Gasteiger partial charge in [0.25, 0.3) is 5.56 Å². The van der Waals surface area contributed by atoms with Crippen LogP contribution >= 0.6 is 0 Å². The molecule has 0 spiro atoms. The van der Waals surface area contributed by atoms with Crippen molar-refractivity contribution in [3.8, 4) is 0 Å². The molecule has 0 bridgehead atoms. The van der Waals surface area contributed by atoms with E-state index in [9.17, 15) is 4.79 Å². The Morgan fingerprint density at radius 3 is 2.86 bits per heavy atom. The summed E-state index contributed by atoms with van der Waals surface area (Å²) in [5.41, 5.74) is 3.63. The zero-order chi connectivity index (χ0) is 10.6. The van der Waals surface area contributed by atoms with E-state index in [2.05, 4.69) is 25.7 Å². The molecule has 2 N–H and O–H groups in total. The third kappa shape index (κ3) is 2.65. The molecule has 1 aromatic heterocycles. The molecule has 0 unspecified atom stereocenters. The smallest absolute Gasteiger partial charge is 0.274 e. The van der Waals surface area contributed by atoms with Gasteiger partial charge in [0, 0.05) is 5.71 Å². The van der Waals surface area contributed by atoms with Crippen molar-refractivity contribution in [1.29, 1.82) is 0 Å². The number of nitrogens with zero attached hydrogens (tertiary/aromatic N) is 3. The second-order valence-corrected chi connectivity index (χ2v) is 2.90. The summed E-state index contributed by atoms with van der Waals surface area (Å²) >= 11 is 0. The second kappa shape index (κ2) is 4.50. The maximum Gasteiger partial charge on any atom is 0.274 e. The lowest BCUT2D eigenvalue weighted by Crippen LogP contribution is -2.15. The van der Waals surface area contributed by atoms with Crippen molar-refractivity contribution in [2.45, 2.75) is 27.2 Å². The van der Waals surface area contributed by atoms with Crippen molar-refractivity contribution >= 4 is 11.7 Å². The first-order chi connectivity index (χ1) is 6.63. The molecule has 1 rings (SSSR count). The molecule has 1 aromatic rings. The highest BCUT2D eigenvalue weighted by atomic mass is 16.1. The molecule has 0 saturated heterocycles. The molecule has 0 amide bonds. The van der Waals surface area contributed by atoms with Gasteiger partial charge in [0.15, 0.2) is 0 Å². The van der Waals surface area contributed by atoms with Gasteiger partial charge >= 0.3 is 0 Å². The molecule has 0 aliphatic rings. The number of anilines is 1. The van der Waals surface area contributed by atoms with Gasteiger partial charge in [0.05, 0.1) is 0 Å². The molecular weight excluding hydrogens is 182 g/mol. The molecule has 0 saturated carbocycles. The van der Waals surface area contributed by atoms with Crippen LogP contribution in [0.3, 0.4) is 0 Å². The summed E-state index contributed by atoms with van der Waals surface area (Å²) in [5, 5.41) is 11.4. The first-order valence-electron chi connectivity index (χ1n) is 4.36. The Hall–Kier alpha value is -1.72. The van der Waals surface area contributed by atoms with Crippen LogP contribution in [0.25, 0.3) is 0 Å². The van der Waals surface area contributed by atoms with Crippen LogP contribution in [-0.4, -0.2) is 20.9 Å². The van der Waals surface area contributed by atoms with E-state index < -0.39 is 0 Å². The Bertz CT molecular complexity index is 395. The predicted octanol–water partition coefficient (Wildman–Crippen LogP) is 0.671. The lowest BCUT2D eigenvalue weighted by atomic mass is 10.3. The topological polar surface area (TPSA) is 83.0 Å². The minimum absolute atomic E-state index is 0.258. The number of rotatable bonds is 3. The number of hydrogen-bond acceptors (Lipinski definition) is 5. The Balaban J connectivity index is 2.79. The third-order valence-corrected chi connectivity index (χ3v) is 1.72. The molecule has 0 radical (unpaired) electrons. The number of aromatic amines is 1. The van der Waals surface area contributed by atoms with Crippen LogP contribution in [0.1, 0.15) is 26.0 Å². The highest BCUT2D eigenvalue weighted by Crippen LogP contribution is 1.92. The minimum atomic E-state index is -0.258. The molecule has 0 fully saturated rings. The minimum Gasteiger partial charge on any atom is -0.288 e. The maximum atomic E-state index is 11.1. The van der Waals surface area contributed by atoms with E-state index >= 15 is 0 Å². The van der Waals surface area contributed by atoms with Gasteiger partial charge in [-0.1, -0.05) is 6.92 Å². The van der Waals surface area contributed by atoms with Crippen molar-refractivity contribution in [2.75, 3.05) is 5.43 Å². The molecule has 0 aliphatic heterocycles. The normalized spacial score (nSPS) is 11.5. The van der Waals surface area contributed by atoms with Crippen molar-refractivity contribution in [3.63, 3.8) is 0 Å². The highest BCUT2D eigenvalue weighted by molar-refractivity contribution is 5.82. The second-order valence-electron chi connectivity index (χ2n) is 2.90. The van der Waals surface area contributed by atoms with Crippen molar-refractivity contribution < 1.29 is 0 Å². The summed E-state index contributed by atoms with van der Waals surface area (Å²) in [5.74, 6) is 0.258. The summed E-state index contributed by atoms with van der Waals surface area (Å²) in [7, 11) is 0.